The van der Waals surface area contributed by atoms with Crippen molar-refractivity contribution in [2.75, 3.05) is 23.3 Å². The van der Waals surface area contributed by atoms with Gasteiger partial charge in [0, 0.05) is 25.7 Å². The monoisotopic (exact) mass is 392 g/mol. The average molecular weight is 392 g/mol. The molecule has 0 saturated carbocycles. The maximum absolute atomic E-state index is 13.8. The number of carbonyl (C=O) groups is 1. The van der Waals surface area contributed by atoms with E-state index in [0.717, 1.165) is 42.9 Å². The van der Waals surface area contributed by atoms with Crippen molar-refractivity contribution in [2.24, 2.45) is 0 Å². The predicted octanol–water partition coefficient (Wildman–Crippen LogP) is 4.57. The van der Waals surface area contributed by atoms with Crippen LogP contribution in [0.4, 0.5) is 15.8 Å². The van der Waals surface area contributed by atoms with E-state index in [9.17, 15) is 9.18 Å². The maximum Gasteiger partial charge on any atom is 0.224 e. The number of hydrogen-bond donors (Lipinski definition) is 1. The Morgan fingerprint density at radius 2 is 1.86 bits per heavy atom. The number of rotatable bonds is 6. The van der Waals surface area contributed by atoms with Crippen molar-refractivity contribution in [1.82, 2.24) is 9.78 Å². The Morgan fingerprint density at radius 1 is 1.07 bits per heavy atom. The molecule has 0 spiro atoms. The predicted molar refractivity (Wildman–Crippen MR) is 113 cm³/mol. The number of para-hydroxylation sites is 1. The zero-order valence-electron chi connectivity index (χ0n) is 16.4. The zero-order valence-corrected chi connectivity index (χ0v) is 16.4. The van der Waals surface area contributed by atoms with Gasteiger partial charge in [-0.3, -0.25) is 4.79 Å². The maximum atomic E-state index is 13.8. The van der Waals surface area contributed by atoms with Crippen molar-refractivity contribution in [3.8, 4) is 5.69 Å². The number of carbonyl (C=O) groups excluding carboxylic acids is 1. The van der Waals surface area contributed by atoms with Gasteiger partial charge in [0.2, 0.25) is 5.91 Å². The second kappa shape index (κ2) is 8.90. The van der Waals surface area contributed by atoms with Crippen LogP contribution < -0.4 is 10.2 Å². The standard InChI is InChI=1S/C23H25FN4O/c24-19-10-11-22(27-13-5-2-6-14-27)21(15-19)26-23(29)12-9-18-16-25-28(17-18)20-7-3-1-4-8-20/h1,3-4,7-8,10-11,15-17H,2,5-6,9,12-14H2,(H,26,29). The molecule has 1 N–H and O–H groups in total. The van der Waals surface area contributed by atoms with E-state index in [0.29, 0.717) is 18.5 Å². The number of anilines is 2. The molecule has 1 aromatic heterocycles. The summed E-state index contributed by atoms with van der Waals surface area (Å²) in [4.78, 5) is 14.8. The van der Waals surface area contributed by atoms with Gasteiger partial charge >= 0.3 is 0 Å². The Labute approximate surface area is 170 Å². The molecule has 0 atom stereocenters. The highest BCUT2D eigenvalue weighted by atomic mass is 19.1. The smallest absolute Gasteiger partial charge is 0.224 e. The van der Waals surface area contributed by atoms with Crippen LogP contribution in [-0.4, -0.2) is 28.8 Å². The summed E-state index contributed by atoms with van der Waals surface area (Å²) < 4.78 is 15.6. The van der Waals surface area contributed by atoms with Gasteiger partial charge in [-0.05, 0) is 61.6 Å². The molecule has 2 heterocycles. The van der Waals surface area contributed by atoms with Crippen LogP contribution >= 0.6 is 0 Å². The van der Waals surface area contributed by atoms with Crippen molar-refractivity contribution in [3.63, 3.8) is 0 Å². The molecule has 3 aromatic rings. The lowest BCUT2D eigenvalue weighted by molar-refractivity contribution is -0.116. The van der Waals surface area contributed by atoms with E-state index in [4.69, 9.17) is 0 Å². The van der Waals surface area contributed by atoms with Gasteiger partial charge in [0.1, 0.15) is 5.82 Å². The van der Waals surface area contributed by atoms with E-state index in [1.54, 1.807) is 16.9 Å². The van der Waals surface area contributed by atoms with Crippen LogP contribution in [0.3, 0.4) is 0 Å². The van der Waals surface area contributed by atoms with Gasteiger partial charge in [0.05, 0.1) is 23.3 Å². The minimum Gasteiger partial charge on any atom is -0.370 e. The molecule has 150 valence electrons. The summed E-state index contributed by atoms with van der Waals surface area (Å²) in [5.74, 6) is -0.466. The van der Waals surface area contributed by atoms with Gasteiger partial charge in [0.25, 0.3) is 0 Å². The Bertz CT molecular complexity index is 964. The first-order valence-corrected chi connectivity index (χ1v) is 10.1. The number of aryl methyl sites for hydroxylation is 1. The van der Waals surface area contributed by atoms with Crippen molar-refractivity contribution in [1.29, 1.82) is 0 Å². The first-order chi connectivity index (χ1) is 14.2. The van der Waals surface area contributed by atoms with Gasteiger partial charge in [0.15, 0.2) is 0 Å². The highest BCUT2D eigenvalue weighted by Gasteiger charge is 2.16. The lowest BCUT2D eigenvalue weighted by Gasteiger charge is -2.30. The number of halogens is 1. The molecular weight excluding hydrogens is 367 g/mol. The molecule has 5 nitrogen and oxygen atoms in total. The first kappa shape index (κ1) is 19.2. The summed E-state index contributed by atoms with van der Waals surface area (Å²) in [7, 11) is 0. The zero-order chi connectivity index (χ0) is 20.1. The Morgan fingerprint density at radius 3 is 2.66 bits per heavy atom. The molecule has 29 heavy (non-hydrogen) atoms. The van der Waals surface area contributed by atoms with Gasteiger partial charge in [-0.1, -0.05) is 18.2 Å². The average Bonchev–Trinajstić information content (AvgIpc) is 3.23. The van der Waals surface area contributed by atoms with Gasteiger partial charge < -0.3 is 10.2 Å². The molecule has 1 aliphatic rings. The summed E-state index contributed by atoms with van der Waals surface area (Å²) in [5, 5.41) is 7.27. The summed E-state index contributed by atoms with van der Waals surface area (Å²) >= 11 is 0. The third kappa shape index (κ3) is 4.83. The fraction of sp³-hybridized carbons (Fsp3) is 0.304. The first-order valence-electron chi connectivity index (χ1n) is 10.1. The van der Waals surface area contributed by atoms with E-state index in [1.165, 1.54) is 18.6 Å². The third-order valence-electron chi connectivity index (χ3n) is 5.23. The number of benzene rings is 2. The molecule has 1 amide bonds. The number of nitrogens with one attached hydrogen (secondary N) is 1. The summed E-state index contributed by atoms with van der Waals surface area (Å²) in [5.41, 5.74) is 3.42. The van der Waals surface area contributed by atoms with Crippen LogP contribution in [0.1, 0.15) is 31.2 Å². The SMILES string of the molecule is O=C(CCc1cnn(-c2ccccc2)c1)Nc1cc(F)ccc1N1CCCCC1. The topological polar surface area (TPSA) is 50.2 Å². The van der Waals surface area contributed by atoms with E-state index < -0.39 is 0 Å². The normalized spacial score (nSPS) is 14.0. The molecule has 1 saturated heterocycles. The number of nitrogens with zero attached hydrogens (tertiary/aromatic N) is 3. The molecule has 6 heteroatoms. The second-order valence-corrected chi connectivity index (χ2v) is 7.39. The van der Waals surface area contributed by atoms with Gasteiger partial charge in [-0.15, -0.1) is 0 Å². The molecule has 2 aromatic carbocycles. The number of hydrogen-bond acceptors (Lipinski definition) is 3. The van der Waals surface area contributed by atoms with E-state index in [1.807, 2.05) is 36.5 Å². The van der Waals surface area contributed by atoms with Crippen molar-refractivity contribution >= 4 is 17.3 Å². The Hall–Kier alpha value is -3.15. The number of aromatic nitrogens is 2. The molecule has 0 bridgehead atoms. The lowest BCUT2D eigenvalue weighted by Crippen LogP contribution is -2.30. The minimum atomic E-state index is -0.342. The van der Waals surface area contributed by atoms with Crippen molar-refractivity contribution in [3.05, 3.63) is 72.3 Å². The molecule has 0 radical (unpaired) electrons. The van der Waals surface area contributed by atoms with Crippen LogP contribution in [0, 0.1) is 5.82 Å². The number of amides is 1. The highest BCUT2D eigenvalue weighted by molar-refractivity contribution is 5.94. The summed E-state index contributed by atoms with van der Waals surface area (Å²) in [6, 6.07) is 14.5. The summed E-state index contributed by atoms with van der Waals surface area (Å²) in [6.45, 7) is 1.88. The van der Waals surface area contributed by atoms with Crippen LogP contribution in [0.2, 0.25) is 0 Å². The molecule has 1 fully saturated rings. The second-order valence-electron chi connectivity index (χ2n) is 7.39. The lowest BCUT2D eigenvalue weighted by atomic mass is 10.1. The van der Waals surface area contributed by atoms with E-state index in [2.05, 4.69) is 15.3 Å². The fourth-order valence-corrected chi connectivity index (χ4v) is 3.70. The molecule has 1 aliphatic heterocycles. The van der Waals surface area contributed by atoms with Crippen molar-refractivity contribution < 1.29 is 9.18 Å². The largest absolute Gasteiger partial charge is 0.370 e. The number of piperidine rings is 1. The third-order valence-corrected chi connectivity index (χ3v) is 5.23. The quantitative estimate of drug-likeness (QED) is 0.668. The van der Waals surface area contributed by atoms with Gasteiger partial charge in [-0.2, -0.15) is 5.10 Å². The van der Waals surface area contributed by atoms with E-state index >= 15 is 0 Å². The molecular formula is C23H25FN4O. The van der Waals surface area contributed by atoms with Crippen LogP contribution in [0.5, 0.6) is 0 Å². The van der Waals surface area contributed by atoms with Crippen LogP contribution in [0.15, 0.2) is 60.9 Å². The molecule has 0 unspecified atom stereocenters. The fourth-order valence-electron chi connectivity index (χ4n) is 3.70. The molecule has 0 aliphatic carbocycles. The minimum absolute atomic E-state index is 0.124. The van der Waals surface area contributed by atoms with E-state index in [-0.39, 0.29) is 11.7 Å². The van der Waals surface area contributed by atoms with Crippen molar-refractivity contribution in [2.45, 2.75) is 32.1 Å². The highest BCUT2D eigenvalue weighted by Crippen LogP contribution is 2.29. The van der Waals surface area contributed by atoms with Gasteiger partial charge in [-0.25, -0.2) is 9.07 Å². The van der Waals surface area contributed by atoms with Crippen LogP contribution in [0.25, 0.3) is 5.69 Å². The molecule has 4 rings (SSSR count). The Kier molecular flexibility index (Phi) is 5.89. The Balaban J connectivity index is 1.39. The van der Waals surface area contributed by atoms with Crippen LogP contribution in [-0.2, 0) is 11.2 Å². The summed E-state index contributed by atoms with van der Waals surface area (Å²) in [6.07, 6.45) is 8.07.